The Morgan fingerprint density at radius 3 is 2.80 bits per heavy atom. The van der Waals surface area contributed by atoms with Gasteiger partial charge in [0.1, 0.15) is 0 Å². The Labute approximate surface area is 62.6 Å². The van der Waals surface area contributed by atoms with E-state index in [-0.39, 0.29) is 0 Å². The first-order chi connectivity index (χ1) is 4.83. The Morgan fingerprint density at radius 2 is 2.40 bits per heavy atom. The number of nitrogens with one attached hydrogen (secondary N) is 1. The standard InChI is InChI=1S/C8H16N2/c1-3-8-7-4-6(5-9-7)10(8)2/h6-9H,3-5H2,1-2H3/t6-,7-,8+/m1/s1. The molecule has 2 aliphatic heterocycles. The molecule has 0 aromatic carbocycles. The van der Waals surface area contributed by atoms with Crippen LogP contribution in [0.25, 0.3) is 0 Å². The maximum absolute atomic E-state index is 3.55. The Bertz CT molecular complexity index is 133. The highest BCUT2D eigenvalue weighted by Gasteiger charge is 2.42. The highest BCUT2D eigenvalue weighted by Crippen LogP contribution is 2.29. The summed E-state index contributed by atoms with van der Waals surface area (Å²) >= 11 is 0. The van der Waals surface area contributed by atoms with E-state index in [1.807, 2.05) is 0 Å². The molecular formula is C8H16N2. The van der Waals surface area contributed by atoms with E-state index in [2.05, 4.69) is 24.2 Å². The van der Waals surface area contributed by atoms with Crippen molar-refractivity contribution in [3.63, 3.8) is 0 Å². The predicted octanol–water partition coefficient (Wildman–Crippen LogP) is 0.441. The van der Waals surface area contributed by atoms with Gasteiger partial charge in [-0.25, -0.2) is 0 Å². The summed E-state index contributed by atoms with van der Waals surface area (Å²) in [7, 11) is 2.26. The Balaban J connectivity index is 2.10. The molecule has 0 radical (unpaired) electrons. The Hall–Kier alpha value is -0.0800. The molecule has 0 aliphatic carbocycles. The largest absolute Gasteiger partial charge is 0.311 e. The average molecular weight is 140 g/mol. The second kappa shape index (κ2) is 2.21. The maximum atomic E-state index is 3.55. The average Bonchev–Trinajstić information content (AvgIpc) is 2.46. The van der Waals surface area contributed by atoms with Gasteiger partial charge >= 0.3 is 0 Å². The van der Waals surface area contributed by atoms with Gasteiger partial charge in [0.25, 0.3) is 0 Å². The third-order valence-electron chi connectivity index (χ3n) is 3.12. The molecule has 1 N–H and O–H groups in total. The van der Waals surface area contributed by atoms with Gasteiger partial charge in [-0.15, -0.1) is 0 Å². The number of likely N-dealkylation sites (N-methyl/N-ethyl adjacent to an activating group) is 1. The van der Waals surface area contributed by atoms with E-state index >= 15 is 0 Å². The molecule has 58 valence electrons. The summed E-state index contributed by atoms with van der Waals surface area (Å²) in [5, 5.41) is 3.55. The molecule has 2 heteroatoms. The van der Waals surface area contributed by atoms with E-state index in [1.165, 1.54) is 19.4 Å². The van der Waals surface area contributed by atoms with Gasteiger partial charge in [-0.1, -0.05) is 6.92 Å². The molecule has 10 heavy (non-hydrogen) atoms. The van der Waals surface area contributed by atoms with Crippen LogP contribution in [0, 0.1) is 0 Å². The Morgan fingerprint density at radius 1 is 1.60 bits per heavy atom. The first kappa shape index (κ1) is 6.62. The molecule has 2 fully saturated rings. The molecule has 2 aliphatic rings. The van der Waals surface area contributed by atoms with Crippen LogP contribution in [0.2, 0.25) is 0 Å². The molecule has 2 bridgehead atoms. The second-order valence-corrected chi connectivity index (χ2v) is 3.55. The summed E-state index contributed by atoms with van der Waals surface area (Å²) in [6, 6.07) is 2.47. The van der Waals surface area contributed by atoms with E-state index in [1.54, 1.807) is 0 Å². The van der Waals surface area contributed by atoms with Crippen LogP contribution in [0.5, 0.6) is 0 Å². The second-order valence-electron chi connectivity index (χ2n) is 3.55. The van der Waals surface area contributed by atoms with Crippen molar-refractivity contribution >= 4 is 0 Å². The van der Waals surface area contributed by atoms with Crippen molar-refractivity contribution in [1.29, 1.82) is 0 Å². The summed E-state index contributed by atoms with van der Waals surface area (Å²) in [6.45, 7) is 3.50. The van der Waals surface area contributed by atoms with Crippen LogP contribution in [0.15, 0.2) is 0 Å². The maximum Gasteiger partial charge on any atom is 0.0247 e. The van der Waals surface area contributed by atoms with Gasteiger partial charge in [0.2, 0.25) is 0 Å². The molecule has 0 saturated carbocycles. The normalized spacial score (nSPS) is 46.8. The van der Waals surface area contributed by atoms with Crippen molar-refractivity contribution in [3.05, 3.63) is 0 Å². The number of rotatable bonds is 1. The molecular weight excluding hydrogens is 124 g/mol. The van der Waals surface area contributed by atoms with Crippen molar-refractivity contribution in [2.45, 2.75) is 37.9 Å². The summed E-state index contributed by atoms with van der Waals surface area (Å²) < 4.78 is 0. The molecule has 2 rings (SSSR count). The highest BCUT2D eigenvalue weighted by atomic mass is 15.3. The molecule has 0 unspecified atom stereocenters. The predicted molar refractivity (Wildman–Crippen MR) is 42.0 cm³/mol. The van der Waals surface area contributed by atoms with Crippen molar-refractivity contribution in [2.75, 3.05) is 13.6 Å². The van der Waals surface area contributed by atoms with Gasteiger partial charge in [0.15, 0.2) is 0 Å². The number of nitrogens with zero attached hydrogens (tertiary/aromatic N) is 1. The lowest BCUT2D eigenvalue weighted by Crippen LogP contribution is -2.48. The zero-order chi connectivity index (χ0) is 7.14. The highest BCUT2D eigenvalue weighted by molar-refractivity contribution is 5.02. The lowest BCUT2D eigenvalue weighted by Gasteiger charge is -2.31. The van der Waals surface area contributed by atoms with Crippen LogP contribution in [0.3, 0.4) is 0 Å². The van der Waals surface area contributed by atoms with Gasteiger partial charge in [0.05, 0.1) is 0 Å². The molecule has 2 nitrogen and oxygen atoms in total. The fraction of sp³-hybridized carbons (Fsp3) is 1.00. The zero-order valence-corrected chi connectivity index (χ0v) is 6.80. The van der Waals surface area contributed by atoms with Crippen molar-refractivity contribution in [3.8, 4) is 0 Å². The van der Waals surface area contributed by atoms with Gasteiger partial charge in [-0.2, -0.15) is 0 Å². The molecule has 0 amide bonds. The minimum absolute atomic E-state index is 0.806. The third-order valence-corrected chi connectivity index (χ3v) is 3.12. The van der Waals surface area contributed by atoms with Crippen LogP contribution in [0.1, 0.15) is 19.8 Å². The van der Waals surface area contributed by atoms with Crippen LogP contribution < -0.4 is 5.32 Å². The van der Waals surface area contributed by atoms with Crippen molar-refractivity contribution in [1.82, 2.24) is 10.2 Å². The lowest BCUT2D eigenvalue weighted by molar-refractivity contribution is 0.188. The summed E-state index contributed by atoms with van der Waals surface area (Å²) in [6.07, 6.45) is 2.68. The van der Waals surface area contributed by atoms with Crippen LogP contribution in [-0.4, -0.2) is 36.6 Å². The van der Waals surface area contributed by atoms with Crippen LogP contribution >= 0.6 is 0 Å². The summed E-state index contributed by atoms with van der Waals surface area (Å²) in [4.78, 5) is 2.54. The van der Waals surface area contributed by atoms with E-state index in [0.29, 0.717) is 0 Å². The molecule has 2 saturated heterocycles. The zero-order valence-electron chi connectivity index (χ0n) is 6.80. The van der Waals surface area contributed by atoms with Gasteiger partial charge in [0, 0.05) is 24.7 Å². The van der Waals surface area contributed by atoms with E-state index in [0.717, 1.165) is 18.1 Å². The quantitative estimate of drug-likeness (QED) is 0.568. The Kier molecular flexibility index (Phi) is 1.46. The minimum atomic E-state index is 0.806. The van der Waals surface area contributed by atoms with Gasteiger partial charge < -0.3 is 5.32 Å². The minimum Gasteiger partial charge on any atom is -0.311 e. The fourth-order valence-corrected chi connectivity index (χ4v) is 2.48. The summed E-state index contributed by atoms with van der Waals surface area (Å²) in [5.41, 5.74) is 0. The van der Waals surface area contributed by atoms with E-state index in [4.69, 9.17) is 0 Å². The first-order valence-corrected chi connectivity index (χ1v) is 4.28. The first-order valence-electron chi connectivity index (χ1n) is 4.28. The van der Waals surface area contributed by atoms with Crippen LogP contribution in [-0.2, 0) is 0 Å². The summed E-state index contributed by atoms with van der Waals surface area (Å²) in [5.74, 6) is 0. The lowest BCUT2D eigenvalue weighted by atomic mass is 10.1. The molecule has 3 atom stereocenters. The molecule has 0 aromatic heterocycles. The van der Waals surface area contributed by atoms with E-state index in [9.17, 15) is 0 Å². The third kappa shape index (κ3) is 0.722. The SMILES string of the molecule is CC[C@H]1[C@H]2C[C@H](CN2)N1C. The van der Waals surface area contributed by atoms with Crippen molar-refractivity contribution < 1.29 is 0 Å². The molecule has 2 heterocycles. The number of fused-ring (bicyclic) bond motifs is 2. The van der Waals surface area contributed by atoms with Crippen molar-refractivity contribution in [2.24, 2.45) is 0 Å². The fourth-order valence-electron chi connectivity index (χ4n) is 2.48. The van der Waals surface area contributed by atoms with Crippen LogP contribution in [0.4, 0.5) is 0 Å². The molecule has 0 spiro atoms. The number of likely N-dealkylation sites (tertiary alicyclic amines) is 1. The van der Waals surface area contributed by atoms with E-state index < -0.39 is 0 Å². The van der Waals surface area contributed by atoms with Gasteiger partial charge in [-0.3, -0.25) is 4.90 Å². The topological polar surface area (TPSA) is 15.3 Å². The number of piperazine rings is 1. The number of hydrogen-bond donors (Lipinski definition) is 1. The molecule has 0 aromatic rings. The smallest absolute Gasteiger partial charge is 0.0247 e. The van der Waals surface area contributed by atoms with Gasteiger partial charge in [-0.05, 0) is 19.9 Å². The number of hydrogen-bond acceptors (Lipinski definition) is 2. The monoisotopic (exact) mass is 140 g/mol.